The number of primary amides is 1. The molecule has 8 nitrogen and oxygen atoms in total. The number of nitrogens with one attached hydrogen (secondary N) is 3. The third kappa shape index (κ3) is 4.84. The molecule has 0 fully saturated rings. The third-order valence-corrected chi connectivity index (χ3v) is 7.18. The minimum Gasteiger partial charge on any atom is -0.366 e. The number of aromatic nitrogens is 2. The summed E-state index contributed by atoms with van der Waals surface area (Å²) in [4.78, 5) is 45.5. The van der Waals surface area contributed by atoms with Crippen LogP contribution in [-0.2, 0) is 0 Å². The largest absolute Gasteiger partial charge is 0.366 e. The fourth-order valence-electron chi connectivity index (χ4n) is 5.08. The Morgan fingerprint density at radius 1 is 0.833 bits per heavy atom. The Hall–Kier alpha value is -5.83. The summed E-state index contributed by atoms with van der Waals surface area (Å²) in [6.45, 7) is 1.89. The summed E-state index contributed by atoms with van der Waals surface area (Å²) in [5.74, 6) is -1.69. The van der Waals surface area contributed by atoms with Crippen LogP contribution in [0.5, 0.6) is 0 Å². The molecule has 4 aromatic carbocycles. The second-order valence-corrected chi connectivity index (χ2v) is 9.80. The van der Waals surface area contributed by atoms with Crippen LogP contribution in [0.4, 0.5) is 15.8 Å². The lowest BCUT2D eigenvalue weighted by Crippen LogP contribution is -2.13. The topological polar surface area (TPSA) is 130 Å². The normalized spacial score (nSPS) is 11.0. The van der Waals surface area contributed by atoms with E-state index in [1.54, 1.807) is 48.8 Å². The Labute approximate surface area is 239 Å². The highest BCUT2D eigenvalue weighted by atomic mass is 19.1. The Bertz CT molecular complexity index is 2020. The molecule has 42 heavy (non-hydrogen) atoms. The number of benzene rings is 4. The second-order valence-electron chi connectivity index (χ2n) is 9.80. The number of halogens is 1. The van der Waals surface area contributed by atoms with E-state index in [0.717, 1.165) is 27.5 Å². The molecule has 6 rings (SSSR count). The zero-order valence-corrected chi connectivity index (χ0v) is 22.4. The second kappa shape index (κ2) is 10.6. The van der Waals surface area contributed by atoms with Gasteiger partial charge in [-0.05, 0) is 84.3 Å². The molecule has 5 N–H and O–H groups in total. The number of hydrogen-bond acceptors (Lipinski definition) is 4. The van der Waals surface area contributed by atoms with E-state index < -0.39 is 11.7 Å². The van der Waals surface area contributed by atoms with Gasteiger partial charge in [-0.3, -0.25) is 19.4 Å². The van der Waals surface area contributed by atoms with Crippen molar-refractivity contribution in [2.45, 2.75) is 6.92 Å². The van der Waals surface area contributed by atoms with Gasteiger partial charge in [0.25, 0.3) is 17.7 Å². The number of pyridine rings is 1. The fourth-order valence-corrected chi connectivity index (χ4v) is 5.08. The van der Waals surface area contributed by atoms with E-state index in [0.29, 0.717) is 39.1 Å². The SMILES string of the molecule is Cc1c(NC(=O)c2ccc(F)cc2)cccc1-c1ccc(C(N)=O)c2[nH]c3cc(C(=O)Nc4cccnc4)ccc3c12. The molecular formula is C33H24FN5O3. The molecular weight excluding hydrogens is 533 g/mol. The third-order valence-electron chi connectivity index (χ3n) is 7.18. The first-order chi connectivity index (χ1) is 20.3. The van der Waals surface area contributed by atoms with Crippen LogP contribution < -0.4 is 16.4 Å². The molecule has 0 spiro atoms. The van der Waals surface area contributed by atoms with Crippen molar-refractivity contribution in [2.75, 3.05) is 10.6 Å². The van der Waals surface area contributed by atoms with Gasteiger partial charge < -0.3 is 21.4 Å². The molecule has 0 unspecified atom stereocenters. The molecule has 0 aliphatic heterocycles. The zero-order chi connectivity index (χ0) is 29.4. The molecule has 0 saturated carbocycles. The summed E-state index contributed by atoms with van der Waals surface area (Å²) >= 11 is 0. The Morgan fingerprint density at radius 2 is 1.60 bits per heavy atom. The first-order valence-electron chi connectivity index (χ1n) is 13.1. The molecule has 0 aliphatic rings. The first-order valence-corrected chi connectivity index (χ1v) is 13.1. The molecule has 9 heteroatoms. The monoisotopic (exact) mass is 557 g/mol. The van der Waals surface area contributed by atoms with E-state index in [1.807, 2.05) is 31.2 Å². The van der Waals surface area contributed by atoms with Gasteiger partial charge in [-0.15, -0.1) is 0 Å². The number of nitrogens with zero attached hydrogens (tertiary/aromatic N) is 1. The molecule has 3 amide bonds. The molecule has 2 heterocycles. The predicted molar refractivity (Wildman–Crippen MR) is 161 cm³/mol. The van der Waals surface area contributed by atoms with Crippen molar-refractivity contribution in [1.29, 1.82) is 0 Å². The van der Waals surface area contributed by atoms with E-state index in [2.05, 4.69) is 20.6 Å². The molecule has 0 atom stereocenters. The number of rotatable bonds is 6. The molecule has 6 aromatic rings. The van der Waals surface area contributed by atoms with Crippen LogP contribution in [0.2, 0.25) is 0 Å². The van der Waals surface area contributed by atoms with Crippen LogP contribution >= 0.6 is 0 Å². The standard InChI is InChI=1S/C33H24FN5O3/c1-18-23(5-2-6-27(18)39-32(41)19-7-10-21(34)11-8-19)24-13-14-26(31(35)40)30-29(24)25-12-9-20(16-28(25)38-30)33(42)37-22-4-3-15-36-17-22/h2-17,38H,1H3,(H2,35,40)(H,37,42)(H,39,41). The van der Waals surface area contributed by atoms with Crippen LogP contribution in [0.3, 0.4) is 0 Å². The highest BCUT2D eigenvalue weighted by Gasteiger charge is 2.20. The summed E-state index contributed by atoms with van der Waals surface area (Å²) in [5, 5.41) is 7.29. The van der Waals surface area contributed by atoms with Crippen molar-refractivity contribution in [2.24, 2.45) is 5.73 Å². The number of nitrogens with two attached hydrogens (primary N) is 1. The molecule has 0 bridgehead atoms. The number of anilines is 2. The van der Waals surface area contributed by atoms with Crippen LogP contribution in [0.1, 0.15) is 36.6 Å². The average Bonchev–Trinajstić information content (AvgIpc) is 3.37. The van der Waals surface area contributed by atoms with Gasteiger partial charge in [0.1, 0.15) is 5.82 Å². The van der Waals surface area contributed by atoms with Gasteiger partial charge in [-0.25, -0.2) is 4.39 Å². The predicted octanol–water partition coefficient (Wildman–Crippen LogP) is 6.43. The number of carbonyl (C=O) groups excluding carboxylic acids is 3. The van der Waals surface area contributed by atoms with Crippen LogP contribution in [0.15, 0.2) is 97.3 Å². The van der Waals surface area contributed by atoms with Crippen molar-refractivity contribution >= 4 is 50.9 Å². The van der Waals surface area contributed by atoms with E-state index in [9.17, 15) is 18.8 Å². The van der Waals surface area contributed by atoms with Gasteiger partial charge in [0.05, 0.1) is 23.0 Å². The van der Waals surface area contributed by atoms with Crippen molar-refractivity contribution in [1.82, 2.24) is 9.97 Å². The Balaban J connectivity index is 1.44. The zero-order valence-electron chi connectivity index (χ0n) is 22.4. The number of amides is 3. The van der Waals surface area contributed by atoms with E-state index in [4.69, 9.17) is 5.73 Å². The lowest BCUT2D eigenvalue weighted by Gasteiger charge is -2.15. The van der Waals surface area contributed by atoms with Gasteiger partial charge >= 0.3 is 0 Å². The summed E-state index contributed by atoms with van der Waals surface area (Å²) in [6, 6.07) is 23.1. The smallest absolute Gasteiger partial charge is 0.255 e. The molecule has 0 saturated heterocycles. The molecule has 0 radical (unpaired) electrons. The number of hydrogen-bond donors (Lipinski definition) is 4. The summed E-state index contributed by atoms with van der Waals surface area (Å²) < 4.78 is 13.3. The lowest BCUT2D eigenvalue weighted by molar-refractivity contribution is 0.0997. The average molecular weight is 558 g/mol. The minimum absolute atomic E-state index is 0.306. The minimum atomic E-state index is -0.593. The van der Waals surface area contributed by atoms with Gasteiger partial charge in [-0.1, -0.05) is 24.3 Å². The maximum Gasteiger partial charge on any atom is 0.255 e. The van der Waals surface area contributed by atoms with Gasteiger partial charge in [-0.2, -0.15) is 0 Å². The van der Waals surface area contributed by atoms with Crippen LogP contribution in [0.25, 0.3) is 32.9 Å². The summed E-state index contributed by atoms with van der Waals surface area (Å²) in [5.41, 5.74) is 11.6. The maximum atomic E-state index is 13.3. The number of fused-ring (bicyclic) bond motifs is 3. The highest BCUT2D eigenvalue weighted by molar-refractivity contribution is 6.21. The van der Waals surface area contributed by atoms with Crippen molar-refractivity contribution < 1.29 is 18.8 Å². The molecule has 2 aromatic heterocycles. The van der Waals surface area contributed by atoms with E-state index >= 15 is 0 Å². The van der Waals surface area contributed by atoms with Crippen LogP contribution in [0, 0.1) is 12.7 Å². The lowest BCUT2D eigenvalue weighted by atomic mass is 9.93. The van der Waals surface area contributed by atoms with Crippen LogP contribution in [-0.4, -0.2) is 27.7 Å². The number of H-pyrrole nitrogens is 1. The van der Waals surface area contributed by atoms with Crippen molar-refractivity contribution in [3.63, 3.8) is 0 Å². The van der Waals surface area contributed by atoms with Gasteiger partial charge in [0, 0.05) is 39.3 Å². The highest BCUT2D eigenvalue weighted by Crippen LogP contribution is 2.39. The first kappa shape index (κ1) is 26.4. The quantitative estimate of drug-likeness (QED) is 0.188. The molecule has 206 valence electrons. The number of aromatic amines is 1. The summed E-state index contributed by atoms with van der Waals surface area (Å²) in [6.07, 6.45) is 3.18. The summed E-state index contributed by atoms with van der Waals surface area (Å²) in [7, 11) is 0. The fraction of sp³-hybridized carbons (Fsp3) is 0.0303. The van der Waals surface area contributed by atoms with E-state index in [1.165, 1.54) is 24.3 Å². The van der Waals surface area contributed by atoms with Crippen molar-refractivity contribution in [3.05, 3.63) is 125 Å². The maximum absolute atomic E-state index is 13.3. The van der Waals surface area contributed by atoms with Gasteiger partial charge in [0.2, 0.25) is 0 Å². The van der Waals surface area contributed by atoms with Gasteiger partial charge in [0.15, 0.2) is 0 Å². The Kier molecular flexibility index (Phi) is 6.68. The molecule has 0 aliphatic carbocycles. The number of carbonyl (C=O) groups is 3. The van der Waals surface area contributed by atoms with Crippen molar-refractivity contribution in [3.8, 4) is 11.1 Å². The van der Waals surface area contributed by atoms with E-state index in [-0.39, 0.29) is 11.8 Å². The Morgan fingerprint density at radius 3 is 2.33 bits per heavy atom.